The lowest BCUT2D eigenvalue weighted by molar-refractivity contribution is 0.104. The van der Waals surface area contributed by atoms with Crippen molar-refractivity contribution >= 4 is 27.6 Å². The summed E-state index contributed by atoms with van der Waals surface area (Å²) in [5, 5.41) is 7.06. The Morgan fingerprint density at radius 2 is 2.00 bits per heavy atom. The average molecular weight is 358 g/mol. The normalized spacial score (nSPS) is 10.9. The van der Waals surface area contributed by atoms with Crippen LogP contribution in [0, 0.1) is 13.8 Å². The van der Waals surface area contributed by atoms with E-state index in [-0.39, 0.29) is 17.9 Å². The third-order valence-corrected chi connectivity index (χ3v) is 4.79. The monoisotopic (exact) mass is 358 g/mol. The Kier molecular flexibility index (Phi) is 4.59. The number of benzene rings is 1. The molecule has 0 radical (unpaired) electrons. The molecule has 7 heteroatoms. The van der Waals surface area contributed by atoms with Crippen LogP contribution in [0.5, 0.6) is 5.75 Å². The van der Waals surface area contributed by atoms with Gasteiger partial charge in [0, 0.05) is 22.7 Å². The van der Waals surface area contributed by atoms with Crippen LogP contribution in [0.25, 0.3) is 21.2 Å². The highest BCUT2D eigenvalue weighted by Crippen LogP contribution is 2.38. The zero-order chi connectivity index (χ0) is 18.1. The van der Waals surface area contributed by atoms with Gasteiger partial charge < -0.3 is 9.47 Å². The van der Waals surface area contributed by atoms with Crippen molar-refractivity contribution in [3.8, 4) is 16.9 Å². The Morgan fingerprint density at radius 1 is 1.24 bits per heavy atom. The van der Waals surface area contributed by atoms with E-state index < -0.39 is 6.16 Å². The van der Waals surface area contributed by atoms with Gasteiger partial charge in [0.05, 0.1) is 12.2 Å². The van der Waals surface area contributed by atoms with Crippen LogP contribution < -0.4 is 10.3 Å². The van der Waals surface area contributed by atoms with Gasteiger partial charge in [0.2, 0.25) is 0 Å². The minimum absolute atomic E-state index is 0.142. The minimum Gasteiger partial charge on any atom is -0.434 e. The molecule has 0 amide bonds. The van der Waals surface area contributed by atoms with Crippen LogP contribution in [0.4, 0.5) is 4.79 Å². The van der Waals surface area contributed by atoms with Gasteiger partial charge in [0.1, 0.15) is 5.69 Å². The lowest BCUT2D eigenvalue weighted by atomic mass is 9.97. The summed E-state index contributed by atoms with van der Waals surface area (Å²) in [5.74, 6) is 0.142. The first-order valence-electron chi connectivity index (χ1n) is 7.83. The van der Waals surface area contributed by atoms with Crippen molar-refractivity contribution in [1.29, 1.82) is 0 Å². The number of nitrogens with zero attached hydrogens (tertiary/aromatic N) is 2. The first-order valence-corrected chi connectivity index (χ1v) is 8.71. The van der Waals surface area contributed by atoms with Crippen LogP contribution in [0.15, 0.2) is 28.4 Å². The first kappa shape index (κ1) is 17.2. The smallest absolute Gasteiger partial charge is 0.434 e. The topological polar surface area (TPSA) is 70.4 Å². The summed E-state index contributed by atoms with van der Waals surface area (Å²) in [6.45, 7) is 5.49. The molecule has 3 aromatic rings. The maximum atomic E-state index is 12.9. The van der Waals surface area contributed by atoms with Crippen molar-refractivity contribution in [2.75, 3.05) is 6.61 Å². The van der Waals surface area contributed by atoms with E-state index in [9.17, 15) is 9.59 Å². The maximum Gasteiger partial charge on any atom is 0.513 e. The molecule has 0 aliphatic carbocycles. The molecule has 0 N–H and O–H groups in total. The molecule has 0 saturated carbocycles. The number of carbonyl (C=O) groups is 1. The van der Waals surface area contributed by atoms with E-state index in [0.717, 1.165) is 21.2 Å². The van der Waals surface area contributed by atoms with E-state index in [1.807, 2.05) is 30.5 Å². The highest BCUT2D eigenvalue weighted by Gasteiger charge is 2.23. The Balaban J connectivity index is 2.34. The summed E-state index contributed by atoms with van der Waals surface area (Å²) in [6, 6.07) is 5.94. The molecule has 130 valence electrons. The first-order chi connectivity index (χ1) is 11.9. The minimum atomic E-state index is -0.850. The van der Waals surface area contributed by atoms with Crippen molar-refractivity contribution < 1.29 is 14.3 Å². The van der Waals surface area contributed by atoms with E-state index >= 15 is 0 Å². The molecule has 1 aromatic carbocycles. The van der Waals surface area contributed by atoms with Crippen molar-refractivity contribution in [3.05, 3.63) is 45.2 Å². The lowest BCUT2D eigenvalue weighted by Gasteiger charge is -2.15. The fraction of sp³-hybridized carbons (Fsp3) is 0.278. The molecule has 0 fully saturated rings. The van der Waals surface area contributed by atoms with Crippen LogP contribution in [-0.4, -0.2) is 22.5 Å². The molecule has 0 aliphatic rings. The molecular weight excluding hydrogens is 340 g/mol. The van der Waals surface area contributed by atoms with Gasteiger partial charge in [0.25, 0.3) is 5.56 Å². The summed E-state index contributed by atoms with van der Waals surface area (Å²) in [6.07, 6.45) is -0.850. The second-order valence-electron chi connectivity index (χ2n) is 5.59. The molecular formula is C18H18N2O4S. The Bertz CT molecular complexity index is 1020. The summed E-state index contributed by atoms with van der Waals surface area (Å²) in [4.78, 5) is 24.7. The summed E-state index contributed by atoms with van der Waals surface area (Å²) < 4.78 is 12.5. The number of hydrogen-bond donors (Lipinski definition) is 0. The molecule has 0 unspecified atom stereocenters. The van der Waals surface area contributed by atoms with E-state index in [1.54, 1.807) is 32.2 Å². The summed E-state index contributed by atoms with van der Waals surface area (Å²) in [7, 11) is 1.58. The van der Waals surface area contributed by atoms with Gasteiger partial charge in [-0.1, -0.05) is 6.07 Å². The van der Waals surface area contributed by atoms with Crippen LogP contribution in [0.3, 0.4) is 0 Å². The predicted octanol–water partition coefficient (Wildman–Crippen LogP) is 3.81. The van der Waals surface area contributed by atoms with Gasteiger partial charge >= 0.3 is 6.16 Å². The third kappa shape index (κ3) is 3.02. The molecule has 25 heavy (non-hydrogen) atoms. The van der Waals surface area contributed by atoms with Gasteiger partial charge in [-0.2, -0.15) is 5.10 Å². The van der Waals surface area contributed by atoms with E-state index in [2.05, 4.69) is 5.10 Å². The SMILES string of the molecule is CCOC(=O)Oc1c(C)nn(C)c(=O)c1-c1c(C)ccc2sccc12. The van der Waals surface area contributed by atoms with Crippen molar-refractivity contribution in [1.82, 2.24) is 9.78 Å². The van der Waals surface area contributed by atoms with Gasteiger partial charge in [0.15, 0.2) is 5.75 Å². The standard InChI is InChI=1S/C18H18N2O4S/c1-5-23-18(22)24-16-11(3)19-20(4)17(21)15(16)14-10(2)6-7-13-12(14)8-9-25-13/h6-9H,5H2,1-4H3. The predicted molar refractivity (Wildman–Crippen MR) is 97.4 cm³/mol. The highest BCUT2D eigenvalue weighted by molar-refractivity contribution is 7.17. The van der Waals surface area contributed by atoms with Crippen LogP contribution in [0.1, 0.15) is 18.2 Å². The van der Waals surface area contributed by atoms with E-state index in [0.29, 0.717) is 11.3 Å². The van der Waals surface area contributed by atoms with Crippen LogP contribution in [0.2, 0.25) is 0 Å². The highest BCUT2D eigenvalue weighted by atomic mass is 32.1. The number of aryl methyl sites for hydroxylation is 3. The molecule has 0 saturated heterocycles. The molecule has 3 rings (SSSR count). The number of ether oxygens (including phenoxy) is 2. The molecule has 0 spiro atoms. The number of thiophene rings is 1. The Hall–Kier alpha value is -2.67. The fourth-order valence-electron chi connectivity index (χ4n) is 2.82. The number of rotatable bonds is 3. The molecule has 6 nitrogen and oxygen atoms in total. The lowest BCUT2D eigenvalue weighted by Crippen LogP contribution is -2.25. The fourth-order valence-corrected chi connectivity index (χ4v) is 3.61. The zero-order valence-electron chi connectivity index (χ0n) is 14.5. The number of hydrogen-bond acceptors (Lipinski definition) is 6. The van der Waals surface area contributed by atoms with Crippen LogP contribution in [-0.2, 0) is 11.8 Å². The summed E-state index contributed by atoms with van der Waals surface area (Å²) in [5.41, 5.74) is 2.11. The molecule has 2 heterocycles. The number of aromatic nitrogens is 2. The zero-order valence-corrected chi connectivity index (χ0v) is 15.3. The Labute approximate surface area is 148 Å². The molecule has 0 bridgehead atoms. The molecule has 0 aliphatic heterocycles. The molecule has 2 aromatic heterocycles. The largest absolute Gasteiger partial charge is 0.513 e. The van der Waals surface area contributed by atoms with Gasteiger partial charge in [-0.05, 0) is 43.8 Å². The van der Waals surface area contributed by atoms with Crippen LogP contribution >= 0.6 is 11.3 Å². The van der Waals surface area contributed by atoms with Crippen molar-refractivity contribution in [2.24, 2.45) is 7.05 Å². The quantitative estimate of drug-likeness (QED) is 0.666. The second kappa shape index (κ2) is 6.68. The summed E-state index contributed by atoms with van der Waals surface area (Å²) >= 11 is 1.59. The molecule has 0 atom stereocenters. The second-order valence-corrected chi connectivity index (χ2v) is 6.54. The van der Waals surface area contributed by atoms with Gasteiger partial charge in [-0.3, -0.25) is 4.79 Å². The maximum absolute atomic E-state index is 12.9. The average Bonchev–Trinajstić information content (AvgIpc) is 3.03. The van der Waals surface area contributed by atoms with E-state index in [1.165, 1.54) is 4.68 Å². The van der Waals surface area contributed by atoms with Crippen molar-refractivity contribution in [2.45, 2.75) is 20.8 Å². The van der Waals surface area contributed by atoms with Gasteiger partial charge in [-0.15, -0.1) is 11.3 Å². The van der Waals surface area contributed by atoms with E-state index in [4.69, 9.17) is 9.47 Å². The number of fused-ring (bicyclic) bond motifs is 1. The van der Waals surface area contributed by atoms with Gasteiger partial charge in [-0.25, -0.2) is 9.48 Å². The van der Waals surface area contributed by atoms with Crippen molar-refractivity contribution in [3.63, 3.8) is 0 Å². The third-order valence-electron chi connectivity index (χ3n) is 3.90. The Morgan fingerprint density at radius 3 is 2.72 bits per heavy atom. The number of carbonyl (C=O) groups excluding carboxylic acids is 1.